The summed E-state index contributed by atoms with van der Waals surface area (Å²) in [6.45, 7) is 8.57. The highest BCUT2D eigenvalue weighted by Crippen LogP contribution is 2.26. The van der Waals surface area contributed by atoms with E-state index >= 15 is 0 Å². The maximum absolute atomic E-state index is 13.0. The molecule has 0 saturated carbocycles. The number of anilines is 3. The van der Waals surface area contributed by atoms with Crippen molar-refractivity contribution >= 4 is 64.1 Å². The number of halogens is 2. The molecule has 9 nitrogen and oxygen atoms in total. The smallest absolute Gasteiger partial charge is 0.322 e. The molecule has 3 amide bonds. The average molecular weight is 615 g/mol. The van der Waals surface area contributed by atoms with Crippen molar-refractivity contribution in [3.8, 4) is 0 Å². The van der Waals surface area contributed by atoms with Crippen molar-refractivity contribution in [3.05, 3.63) is 70.3 Å². The molecular formula is C29H33Cl2N7O2S. The van der Waals surface area contributed by atoms with Crippen LogP contribution in [0.5, 0.6) is 0 Å². The van der Waals surface area contributed by atoms with E-state index in [-0.39, 0.29) is 23.7 Å². The summed E-state index contributed by atoms with van der Waals surface area (Å²) in [6.07, 6.45) is 0. The van der Waals surface area contributed by atoms with Gasteiger partial charge in [0.2, 0.25) is 5.91 Å². The molecule has 41 heavy (non-hydrogen) atoms. The molecule has 1 N–H and O–H groups in total. The number of carbonyl (C=O) groups excluding carboxylic acids is 2. The molecule has 2 aliphatic rings. The zero-order chi connectivity index (χ0) is 28.9. The number of benzene rings is 2. The average Bonchev–Trinajstić information content (AvgIpc) is 2.95. The van der Waals surface area contributed by atoms with Crippen LogP contribution >= 0.6 is 35.0 Å². The molecule has 2 saturated heterocycles. The van der Waals surface area contributed by atoms with E-state index in [1.165, 1.54) is 11.8 Å². The van der Waals surface area contributed by atoms with Gasteiger partial charge in [0, 0.05) is 74.3 Å². The van der Waals surface area contributed by atoms with Crippen LogP contribution in [0.3, 0.4) is 0 Å². The highest BCUT2D eigenvalue weighted by atomic mass is 35.5. The van der Waals surface area contributed by atoms with Crippen LogP contribution < -0.4 is 15.1 Å². The quantitative estimate of drug-likeness (QED) is 0.230. The highest BCUT2D eigenvalue weighted by molar-refractivity contribution is 7.99. The van der Waals surface area contributed by atoms with E-state index in [0.717, 1.165) is 30.0 Å². The molecule has 12 heteroatoms. The second-order valence-corrected chi connectivity index (χ2v) is 12.0. The number of hydrogen-bond donors (Lipinski definition) is 1. The minimum Gasteiger partial charge on any atom is -0.368 e. The van der Waals surface area contributed by atoms with Gasteiger partial charge in [-0.05, 0) is 49.7 Å². The number of carbonyl (C=O) groups is 2. The van der Waals surface area contributed by atoms with E-state index in [2.05, 4.69) is 20.1 Å². The van der Waals surface area contributed by atoms with Crippen LogP contribution in [0, 0.1) is 6.92 Å². The fourth-order valence-electron chi connectivity index (χ4n) is 5.10. The molecule has 216 valence electrons. The van der Waals surface area contributed by atoms with Gasteiger partial charge in [-0.3, -0.25) is 4.79 Å². The molecule has 0 bridgehead atoms. The van der Waals surface area contributed by atoms with Gasteiger partial charge in [-0.1, -0.05) is 53.2 Å². The molecule has 0 radical (unpaired) electrons. The second-order valence-electron chi connectivity index (χ2n) is 10.3. The first kappa shape index (κ1) is 29.3. The molecular weight excluding hydrogens is 581 g/mol. The number of piperazine rings is 2. The zero-order valence-corrected chi connectivity index (χ0v) is 25.4. The van der Waals surface area contributed by atoms with E-state index in [0.29, 0.717) is 53.9 Å². The van der Waals surface area contributed by atoms with Crippen LogP contribution in [0.25, 0.3) is 0 Å². The van der Waals surface area contributed by atoms with E-state index in [1.54, 1.807) is 6.07 Å². The predicted molar refractivity (Wildman–Crippen MR) is 167 cm³/mol. The Bertz CT molecular complexity index is 1400. The van der Waals surface area contributed by atoms with Crippen molar-refractivity contribution in [1.29, 1.82) is 0 Å². The first-order valence-corrected chi connectivity index (χ1v) is 15.3. The molecule has 2 aromatic carbocycles. The van der Waals surface area contributed by atoms with Crippen LogP contribution in [0.15, 0.2) is 59.8 Å². The number of aromatic nitrogens is 2. The lowest BCUT2D eigenvalue weighted by molar-refractivity contribution is -0.128. The topological polar surface area (TPSA) is 84.9 Å². The van der Waals surface area contributed by atoms with Crippen molar-refractivity contribution in [2.45, 2.75) is 25.0 Å². The van der Waals surface area contributed by atoms with E-state index in [1.807, 2.05) is 72.2 Å². The van der Waals surface area contributed by atoms with Crippen LogP contribution in [-0.2, 0) is 4.79 Å². The number of hydrogen-bond acceptors (Lipinski definition) is 7. The SMILES string of the molecule is Cc1cccc(NC(=O)N2CCN(c3cc(Cl)nc(SCC(=O)N4CCN(c5cccc(Cl)c5)CC4)n3)CC2C)c1. The Morgan fingerprint density at radius 2 is 1.71 bits per heavy atom. The summed E-state index contributed by atoms with van der Waals surface area (Å²) in [5, 5.41) is 4.49. The highest BCUT2D eigenvalue weighted by Gasteiger charge is 2.29. The first-order chi connectivity index (χ1) is 19.7. The van der Waals surface area contributed by atoms with Crippen molar-refractivity contribution in [3.63, 3.8) is 0 Å². The lowest BCUT2D eigenvalue weighted by Gasteiger charge is -2.40. The number of amides is 3. The van der Waals surface area contributed by atoms with Crippen molar-refractivity contribution in [1.82, 2.24) is 19.8 Å². The zero-order valence-electron chi connectivity index (χ0n) is 23.1. The molecule has 0 spiro atoms. The molecule has 1 aromatic heterocycles. The number of aryl methyl sites for hydroxylation is 1. The minimum absolute atomic E-state index is 0.0365. The summed E-state index contributed by atoms with van der Waals surface area (Å²) in [6, 6.07) is 17.1. The number of rotatable bonds is 6. The summed E-state index contributed by atoms with van der Waals surface area (Å²) in [5.74, 6) is 0.980. The fraction of sp³-hybridized carbons (Fsp3) is 0.379. The predicted octanol–water partition coefficient (Wildman–Crippen LogP) is 5.28. The third-order valence-corrected chi connectivity index (χ3v) is 8.53. The van der Waals surface area contributed by atoms with Gasteiger partial charge in [0.1, 0.15) is 11.0 Å². The van der Waals surface area contributed by atoms with E-state index in [4.69, 9.17) is 28.2 Å². The molecule has 2 fully saturated rings. The van der Waals surface area contributed by atoms with Gasteiger partial charge >= 0.3 is 6.03 Å². The first-order valence-electron chi connectivity index (χ1n) is 13.6. The Morgan fingerprint density at radius 1 is 0.951 bits per heavy atom. The Hall–Kier alpha value is -3.21. The molecule has 1 unspecified atom stereocenters. The molecule has 1 atom stereocenters. The standard InChI is InChI=1S/C29H33Cl2N7O2S/c1-20-5-3-7-23(15-20)32-29(40)38-14-13-37(18-21(38)2)26-17-25(31)33-28(34-26)41-19-27(39)36-11-9-35(10-12-36)24-8-4-6-22(30)16-24/h3-8,15-17,21H,9-14,18-19H2,1-2H3,(H,32,40). The largest absolute Gasteiger partial charge is 0.368 e. The van der Waals surface area contributed by atoms with Gasteiger partial charge in [-0.25, -0.2) is 14.8 Å². The lowest BCUT2D eigenvalue weighted by Crippen LogP contribution is -2.55. The number of nitrogens with zero attached hydrogens (tertiary/aromatic N) is 6. The van der Waals surface area contributed by atoms with Gasteiger partial charge in [0.15, 0.2) is 5.16 Å². The lowest BCUT2D eigenvalue weighted by atomic mass is 10.2. The second kappa shape index (κ2) is 13.2. The maximum Gasteiger partial charge on any atom is 0.322 e. The van der Waals surface area contributed by atoms with Crippen molar-refractivity contribution < 1.29 is 9.59 Å². The Morgan fingerprint density at radius 3 is 2.44 bits per heavy atom. The molecule has 0 aliphatic carbocycles. The summed E-state index contributed by atoms with van der Waals surface area (Å²) < 4.78 is 0. The third-order valence-electron chi connectivity index (χ3n) is 7.27. The summed E-state index contributed by atoms with van der Waals surface area (Å²) in [5.41, 5.74) is 2.94. The summed E-state index contributed by atoms with van der Waals surface area (Å²) >= 11 is 13.8. The minimum atomic E-state index is -0.119. The maximum atomic E-state index is 13.0. The van der Waals surface area contributed by atoms with Crippen LogP contribution in [0.1, 0.15) is 12.5 Å². The normalized spacial score (nSPS) is 17.5. The molecule has 5 rings (SSSR count). The van der Waals surface area contributed by atoms with Crippen molar-refractivity contribution in [2.24, 2.45) is 0 Å². The summed E-state index contributed by atoms with van der Waals surface area (Å²) in [4.78, 5) is 43.0. The Labute approximate surface area is 254 Å². The molecule has 3 heterocycles. The molecule has 2 aliphatic heterocycles. The Balaban J connectivity index is 1.13. The summed E-state index contributed by atoms with van der Waals surface area (Å²) in [7, 11) is 0. The number of urea groups is 1. The van der Waals surface area contributed by atoms with E-state index < -0.39 is 0 Å². The van der Waals surface area contributed by atoms with Gasteiger partial charge in [0.05, 0.1) is 5.75 Å². The Kier molecular flexibility index (Phi) is 9.42. The fourth-order valence-corrected chi connectivity index (χ4v) is 6.27. The van der Waals surface area contributed by atoms with Crippen LogP contribution in [-0.4, -0.2) is 89.3 Å². The monoisotopic (exact) mass is 613 g/mol. The third kappa shape index (κ3) is 7.55. The van der Waals surface area contributed by atoms with Crippen molar-refractivity contribution in [2.75, 3.05) is 66.7 Å². The van der Waals surface area contributed by atoms with Gasteiger partial charge in [-0.15, -0.1) is 0 Å². The van der Waals surface area contributed by atoms with Gasteiger partial charge in [-0.2, -0.15) is 0 Å². The van der Waals surface area contributed by atoms with Gasteiger partial charge in [0.25, 0.3) is 0 Å². The number of nitrogens with one attached hydrogen (secondary N) is 1. The number of thioether (sulfide) groups is 1. The van der Waals surface area contributed by atoms with Gasteiger partial charge < -0.3 is 24.9 Å². The van der Waals surface area contributed by atoms with Crippen LogP contribution in [0.2, 0.25) is 10.2 Å². The van der Waals surface area contributed by atoms with Crippen LogP contribution in [0.4, 0.5) is 22.0 Å². The van der Waals surface area contributed by atoms with E-state index in [9.17, 15) is 9.59 Å². The molecule has 3 aromatic rings.